The van der Waals surface area contributed by atoms with Crippen LogP contribution in [-0.4, -0.2) is 142 Å². The monoisotopic (exact) mass is 975 g/mol. The fourth-order valence-corrected chi connectivity index (χ4v) is 10.6. The molecule has 0 aliphatic carbocycles. The molecule has 0 aromatic heterocycles. The SMILES string of the molecule is CCOc1cccc(F)c1CN1CCN(C(=O)[C@H](NC(=O)OCc2ccccc2)C2CCN(CCc3cc(Cl)ccc3N3CCN(S(=O)(=O)CCNC(=O)OCc4ccccc4)CC3)CC2)CC1. The third-order valence-corrected chi connectivity index (χ3v) is 15.0. The number of rotatable bonds is 19. The van der Waals surface area contributed by atoms with Crippen LogP contribution in [-0.2, 0) is 50.5 Å². The fraction of sp³-hybridized carbons (Fsp3) is 0.460. The van der Waals surface area contributed by atoms with E-state index in [9.17, 15) is 27.2 Å². The summed E-state index contributed by atoms with van der Waals surface area (Å²) in [6.07, 6.45) is 0.774. The van der Waals surface area contributed by atoms with Gasteiger partial charge in [-0.3, -0.25) is 9.69 Å². The Morgan fingerprint density at radius 1 is 0.765 bits per heavy atom. The summed E-state index contributed by atoms with van der Waals surface area (Å²) in [4.78, 5) is 48.3. The first kappa shape index (κ1) is 50.4. The molecule has 3 saturated heterocycles. The van der Waals surface area contributed by atoms with Crippen LogP contribution in [0.3, 0.4) is 0 Å². The number of hydrogen-bond acceptors (Lipinski definition) is 11. The second-order valence-electron chi connectivity index (χ2n) is 17.3. The van der Waals surface area contributed by atoms with E-state index in [0.29, 0.717) is 101 Å². The van der Waals surface area contributed by atoms with Gasteiger partial charge >= 0.3 is 12.2 Å². The summed E-state index contributed by atoms with van der Waals surface area (Å²) in [6, 6.07) is 28.6. The highest BCUT2D eigenvalue weighted by Gasteiger charge is 2.37. The number of hydrogen-bond donors (Lipinski definition) is 2. The van der Waals surface area contributed by atoms with Crippen molar-refractivity contribution in [2.45, 2.75) is 52.0 Å². The first-order chi connectivity index (χ1) is 32.9. The average Bonchev–Trinajstić information content (AvgIpc) is 3.36. The summed E-state index contributed by atoms with van der Waals surface area (Å²) in [6.45, 7) is 8.55. The standard InChI is InChI=1S/C50H63ClFN7O8S/c1-2-65-46-15-9-14-44(52)43(46)35-56-25-27-58(28-26-56)48(60)47(54-50(62)67-37-39-12-7-4-8-13-39)40-18-22-55(23-19-40)24-20-41-34-42(51)16-17-45(41)57-29-31-59(32-30-57)68(63,64)33-21-53-49(61)66-36-38-10-5-3-6-11-38/h3-17,34,40,47H,2,18-33,35-37H2,1H3,(H,53,61)(H,54,62)/t47-/m1/s1. The van der Waals surface area contributed by atoms with Crippen molar-refractivity contribution >= 4 is 45.4 Å². The third kappa shape index (κ3) is 14.3. The summed E-state index contributed by atoms with van der Waals surface area (Å²) in [5.41, 5.74) is 4.26. The number of likely N-dealkylation sites (tertiary alicyclic amines) is 1. The zero-order valence-electron chi connectivity index (χ0n) is 38.7. The maximum absolute atomic E-state index is 14.9. The van der Waals surface area contributed by atoms with Gasteiger partial charge in [0, 0.05) is 88.3 Å². The number of nitrogens with zero attached hydrogens (tertiary/aromatic N) is 5. The second kappa shape index (κ2) is 24.7. The lowest BCUT2D eigenvalue weighted by Gasteiger charge is -2.40. The molecule has 0 bridgehead atoms. The normalized spacial score (nSPS) is 17.0. The number of nitrogens with one attached hydrogen (secondary N) is 2. The topological polar surface area (TPSA) is 153 Å². The average molecular weight is 977 g/mol. The van der Waals surface area contributed by atoms with Crippen LogP contribution < -0.4 is 20.3 Å². The number of anilines is 1. The quantitative estimate of drug-likeness (QED) is 0.111. The van der Waals surface area contributed by atoms with Crippen molar-refractivity contribution in [3.8, 4) is 5.75 Å². The van der Waals surface area contributed by atoms with Crippen molar-refractivity contribution in [2.75, 3.05) is 95.8 Å². The predicted molar refractivity (Wildman–Crippen MR) is 259 cm³/mol. The van der Waals surface area contributed by atoms with Crippen LogP contribution in [0.5, 0.6) is 5.75 Å². The van der Waals surface area contributed by atoms with Crippen molar-refractivity contribution in [2.24, 2.45) is 5.92 Å². The van der Waals surface area contributed by atoms with Crippen LogP contribution in [0.4, 0.5) is 19.7 Å². The number of piperidine rings is 1. The Bertz CT molecular complexity index is 2380. The molecule has 3 fully saturated rings. The molecule has 0 unspecified atom stereocenters. The molecule has 0 saturated carbocycles. The lowest BCUT2D eigenvalue weighted by atomic mass is 9.88. The van der Waals surface area contributed by atoms with Gasteiger partial charge in [-0.25, -0.2) is 22.4 Å². The molecule has 2 N–H and O–H groups in total. The zero-order chi connectivity index (χ0) is 47.9. The molecule has 3 aliphatic heterocycles. The Kier molecular flexibility index (Phi) is 18.3. The molecule has 4 aromatic carbocycles. The van der Waals surface area contributed by atoms with Crippen molar-refractivity contribution < 1.29 is 41.4 Å². The maximum Gasteiger partial charge on any atom is 0.408 e. The minimum atomic E-state index is -3.62. The smallest absolute Gasteiger partial charge is 0.408 e. The van der Waals surface area contributed by atoms with Crippen LogP contribution in [0, 0.1) is 11.7 Å². The number of piperazine rings is 2. The zero-order valence-corrected chi connectivity index (χ0v) is 40.3. The Hall–Kier alpha value is -5.46. The van der Waals surface area contributed by atoms with Gasteiger partial charge in [0.1, 0.15) is 30.8 Å². The van der Waals surface area contributed by atoms with Crippen LogP contribution in [0.1, 0.15) is 42.0 Å². The van der Waals surface area contributed by atoms with E-state index in [0.717, 1.165) is 42.0 Å². The van der Waals surface area contributed by atoms with E-state index >= 15 is 0 Å². The van der Waals surface area contributed by atoms with Gasteiger partial charge in [-0.1, -0.05) is 78.3 Å². The number of carbonyl (C=O) groups excluding carboxylic acids is 3. The predicted octanol–water partition coefficient (Wildman–Crippen LogP) is 6.15. The van der Waals surface area contributed by atoms with Gasteiger partial charge in [0.05, 0.1) is 12.4 Å². The Balaban J connectivity index is 0.902. The van der Waals surface area contributed by atoms with Gasteiger partial charge in [0.2, 0.25) is 15.9 Å². The fourth-order valence-electron chi connectivity index (χ4n) is 9.05. The van der Waals surface area contributed by atoms with E-state index in [1.807, 2.05) is 85.8 Å². The molecule has 3 amide bonds. The molecule has 68 heavy (non-hydrogen) atoms. The van der Waals surface area contributed by atoms with Gasteiger partial charge in [0.25, 0.3) is 0 Å². The second-order valence-corrected chi connectivity index (χ2v) is 19.9. The molecular formula is C50H63ClFN7O8S. The third-order valence-electron chi connectivity index (χ3n) is 12.9. The van der Waals surface area contributed by atoms with E-state index in [-0.39, 0.29) is 43.2 Å². The summed E-state index contributed by atoms with van der Waals surface area (Å²) in [5.74, 6) is -0.290. The largest absolute Gasteiger partial charge is 0.493 e. The van der Waals surface area contributed by atoms with Gasteiger partial charge in [0.15, 0.2) is 0 Å². The van der Waals surface area contributed by atoms with E-state index in [2.05, 4.69) is 25.3 Å². The van der Waals surface area contributed by atoms with Gasteiger partial charge in [-0.05, 0) is 92.2 Å². The van der Waals surface area contributed by atoms with Crippen LogP contribution in [0.2, 0.25) is 5.02 Å². The molecule has 366 valence electrons. The number of carbonyl (C=O) groups is 3. The van der Waals surface area contributed by atoms with Crippen LogP contribution >= 0.6 is 11.6 Å². The summed E-state index contributed by atoms with van der Waals surface area (Å²) in [7, 11) is -3.62. The van der Waals surface area contributed by atoms with Crippen molar-refractivity contribution in [1.82, 2.24) is 29.6 Å². The minimum absolute atomic E-state index is 0.0584. The molecule has 4 aromatic rings. The summed E-state index contributed by atoms with van der Waals surface area (Å²) in [5, 5.41) is 6.13. The van der Waals surface area contributed by atoms with Crippen molar-refractivity contribution in [3.63, 3.8) is 0 Å². The summed E-state index contributed by atoms with van der Waals surface area (Å²) >= 11 is 6.53. The first-order valence-corrected chi connectivity index (χ1v) is 25.5. The highest BCUT2D eigenvalue weighted by atomic mass is 35.5. The molecule has 3 heterocycles. The van der Waals surface area contributed by atoms with E-state index in [4.69, 9.17) is 25.8 Å². The molecule has 7 rings (SSSR count). The van der Waals surface area contributed by atoms with Gasteiger partial charge < -0.3 is 39.5 Å². The Morgan fingerprint density at radius 3 is 2.06 bits per heavy atom. The number of ether oxygens (including phenoxy) is 3. The lowest BCUT2D eigenvalue weighted by Crippen LogP contribution is -2.58. The van der Waals surface area contributed by atoms with Crippen LogP contribution in [0.15, 0.2) is 97.1 Å². The molecule has 0 spiro atoms. The number of sulfonamides is 1. The van der Waals surface area contributed by atoms with E-state index in [1.165, 1.54) is 10.4 Å². The molecule has 3 aliphatic rings. The number of halogens is 2. The Morgan fingerprint density at radius 2 is 1.41 bits per heavy atom. The molecular weight excluding hydrogens is 913 g/mol. The van der Waals surface area contributed by atoms with Crippen molar-refractivity contribution in [3.05, 3.63) is 130 Å². The first-order valence-electron chi connectivity index (χ1n) is 23.5. The van der Waals surface area contributed by atoms with Crippen molar-refractivity contribution in [1.29, 1.82) is 0 Å². The van der Waals surface area contributed by atoms with E-state index in [1.54, 1.807) is 17.0 Å². The highest BCUT2D eigenvalue weighted by Crippen LogP contribution is 2.29. The van der Waals surface area contributed by atoms with E-state index < -0.39 is 28.3 Å². The van der Waals surface area contributed by atoms with Crippen LogP contribution in [0.25, 0.3) is 0 Å². The highest BCUT2D eigenvalue weighted by molar-refractivity contribution is 7.89. The minimum Gasteiger partial charge on any atom is -0.493 e. The van der Waals surface area contributed by atoms with Gasteiger partial charge in [-0.2, -0.15) is 4.31 Å². The van der Waals surface area contributed by atoms with Gasteiger partial charge in [-0.15, -0.1) is 0 Å². The molecule has 1 atom stereocenters. The summed E-state index contributed by atoms with van der Waals surface area (Å²) < 4.78 is 59.3. The lowest BCUT2D eigenvalue weighted by molar-refractivity contribution is -0.137. The Labute approximate surface area is 404 Å². The molecule has 15 nitrogen and oxygen atoms in total. The number of benzene rings is 4. The number of amides is 3. The molecule has 18 heteroatoms. The maximum atomic E-state index is 14.9. The number of alkyl carbamates (subject to hydrolysis) is 2. The molecule has 0 radical (unpaired) electrons.